The molecule has 0 aromatic carbocycles. The third-order valence-electron chi connectivity index (χ3n) is 4.10. The highest BCUT2D eigenvalue weighted by molar-refractivity contribution is 5.91. The van der Waals surface area contributed by atoms with Gasteiger partial charge in [0.1, 0.15) is 11.7 Å². The number of rotatable bonds is 2. The Morgan fingerprint density at radius 1 is 1.35 bits per heavy atom. The molecule has 8 heteroatoms. The zero-order chi connectivity index (χ0) is 16.1. The van der Waals surface area contributed by atoms with Crippen molar-refractivity contribution in [1.29, 1.82) is 0 Å². The minimum absolute atomic E-state index is 0. The van der Waals surface area contributed by atoms with Crippen LogP contribution >= 0.6 is 12.4 Å². The molecule has 1 N–H and O–H groups in total. The minimum atomic E-state index is -4.80. The zero-order valence-electron chi connectivity index (χ0n) is 12.7. The number of fused-ring (bicyclic) bond motifs is 2. The number of carbonyl (C=O) groups excluding carboxylic acids is 1. The fraction of sp³-hybridized carbons (Fsp3) is 0.533. The third-order valence-corrected chi connectivity index (χ3v) is 4.10. The maximum atomic E-state index is 12.7. The Hall–Kier alpha value is -1.47. The summed E-state index contributed by atoms with van der Waals surface area (Å²) in [6.45, 7) is 5.38. The van der Waals surface area contributed by atoms with Crippen LogP contribution in [0.3, 0.4) is 0 Å². The lowest BCUT2D eigenvalue weighted by Gasteiger charge is -2.26. The molecule has 1 aliphatic carbocycles. The highest BCUT2D eigenvalue weighted by atomic mass is 35.5. The van der Waals surface area contributed by atoms with Crippen LogP contribution < -0.4 is 5.32 Å². The van der Waals surface area contributed by atoms with Crippen LogP contribution in [0.15, 0.2) is 34.8 Å². The van der Waals surface area contributed by atoms with Crippen molar-refractivity contribution in [1.82, 2.24) is 10.2 Å². The second-order valence-electron chi connectivity index (χ2n) is 5.90. The van der Waals surface area contributed by atoms with E-state index < -0.39 is 12.3 Å². The predicted molar refractivity (Wildman–Crippen MR) is 80.5 cm³/mol. The highest BCUT2D eigenvalue weighted by Gasteiger charge is 2.47. The molecule has 1 saturated heterocycles. The van der Waals surface area contributed by atoms with E-state index in [-0.39, 0.29) is 30.0 Å². The van der Waals surface area contributed by atoms with Crippen molar-refractivity contribution in [3.63, 3.8) is 0 Å². The third kappa shape index (κ3) is 3.26. The smallest absolute Gasteiger partial charge is 0.409 e. The van der Waals surface area contributed by atoms with E-state index in [1.807, 2.05) is 19.9 Å². The van der Waals surface area contributed by atoms with Gasteiger partial charge in [0.2, 0.25) is 5.91 Å². The summed E-state index contributed by atoms with van der Waals surface area (Å²) in [7, 11) is 0. The van der Waals surface area contributed by atoms with Crippen LogP contribution in [0.2, 0.25) is 0 Å². The lowest BCUT2D eigenvalue weighted by molar-refractivity contribution is -0.307. The molecule has 0 radical (unpaired) electrons. The Kier molecular flexibility index (Phi) is 4.82. The van der Waals surface area contributed by atoms with Crippen molar-refractivity contribution < 1.29 is 22.7 Å². The quantitative estimate of drug-likeness (QED) is 0.832. The first-order valence-corrected chi connectivity index (χ1v) is 7.22. The summed E-state index contributed by atoms with van der Waals surface area (Å²) in [4.78, 5) is 14.1. The van der Waals surface area contributed by atoms with Crippen molar-refractivity contribution in [3.05, 3.63) is 34.8 Å². The van der Waals surface area contributed by atoms with Crippen LogP contribution in [-0.4, -0.2) is 36.8 Å². The number of alkyl halides is 3. The average Bonchev–Trinajstić information content (AvgIpc) is 2.71. The number of halogens is 4. The topological polar surface area (TPSA) is 41.6 Å². The van der Waals surface area contributed by atoms with Crippen LogP contribution in [0.5, 0.6) is 0 Å². The Labute approximate surface area is 138 Å². The molecule has 0 bridgehead atoms. The van der Waals surface area contributed by atoms with Gasteiger partial charge in [0.15, 0.2) is 0 Å². The molecular weight excluding hydrogens is 333 g/mol. The molecule has 2 aliphatic heterocycles. The first kappa shape index (κ1) is 17.9. The highest BCUT2D eigenvalue weighted by Crippen LogP contribution is 2.43. The second-order valence-corrected chi connectivity index (χ2v) is 5.90. The maximum absolute atomic E-state index is 12.7. The van der Waals surface area contributed by atoms with Gasteiger partial charge in [-0.3, -0.25) is 4.79 Å². The number of nitrogens with one attached hydrogen (secondary N) is 1. The van der Waals surface area contributed by atoms with Crippen LogP contribution in [0.4, 0.5) is 13.2 Å². The van der Waals surface area contributed by atoms with E-state index in [1.54, 1.807) is 4.90 Å². The van der Waals surface area contributed by atoms with Gasteiger partial charge < -0.3 is 15.0 Å². The molecular formula is C15H18ClF3N2O2. The van der Waals surface area contributed by atoms with E-state index in [1.165, 1.54) is 6.08 Å². The van der Waals surface area contributed by atoms with Crippen LogP contribution in [0.25, 0.3) is 0 Å². The fourth-order valence-electron chi connectivity index (χ4n) is 3.05. The molecule has 0 saturated carbocycles. The Bertz CT molecular complexity index is 608. The summed E-state index contributed by atoms with van der Waals surface area (Å²) < 4.78 is 42.2. The summed E-state index contributed by atoms with van der Waals surface area (Å²) in [5.74, 6) is -1.58. The van der Waals surface area contributed by atoms with E-state index in [9.17, 15) is 18.0 Å². The van der Waals surface area contributed by atoms with E-state index >= 15 is 0 Å². The molecule has 0 aromatic heterocycles. The largest absolute Gasteiger partial charge is 0.572 e. The molecule has 3 aliphatic rings. The van der Waals surface area contributed by atoms with Crippen molar-refractivity contribution in [3.8, 4) is 0 Å². The fourth-order valence-corrected chi connectivity index (χ4v) is 3.05. The average molecular weight is 351 g/mol. The number of nitrogens with zero attached hydrogens (tertiary/aromatic N) is 1. The van der Waals surface area contributed by atoms with Crippen LogP contribution in [-0.2, 0) is 9.53 Å². The number of amides is 1. The first-order chi connectivity index (χ1) is 10.3. The molecule has 23 heavy (non-hydrogen) atoms. The van der Waals surface area contributed by atoms with E-state index in [4.69, 9.17) is 0 Å². The van der Waals surface area contributed by atoms with Crippen LogP contribution in [0, 0.1) is 11.8 Å². The number of ether oxygens (including phenoxy) is 1. The van der Waals surface area contributed by atoms with Crippen molar-refractivity contribution >= 4 is 18.3 Å². The molecule has 1 fully saturated rings. The van der Waals surface area contributed by atoms with E-state index in [0.29, 0.717) is 25.2 Å². The van der Waals surface area contributed by atoms with Gasteiger partial charge in [0.25, 0.3) is 0 Å². The van der Waals surface area contributed by atoms with Crippen molar-refractivity contribution in [2.75, 3.05) is 19.6 Å². The second kappa shape index (κ2) is 6.20. The van der Waals surface area contributed by atoms with Gasteiger partial charge >= 0.3 is 6.36 Å². The summed E-state index contributed by atoms with van der Waals surface area (Å²) in [5, 5.41) is 3.15. The summed E-state index contributed by atoms with van der Waals surface area (Å²) >= 11 is 0. The van der Waals surface area contributed by atoms with E-state index in [0.717, 1.165) is 11.3 Å². The molecule has 0 aromatic rings. The Morgan fingerprint density at radius 2 is 2.04 bits per heavy atom. The molecule has 1 amide bonds. The Morgan fingerprint density at radius 3 is 2.65 bits per heavy atom. The molecule has 1 atom stereocenters. The number of piperazine rings is 1. The van der Waals surface area contributed by atoms with Gasteiger partial charge in [-0.2, -0.15) is 0 Å². The number of hydrogen-bond donors (Lipinski definition) is 1. The molecule has 128 valence electrons. The van der Waals surface area contributed by atoms with Crippen molar-refractivity contribution in [2.45, 2.75) is 20.2 Å². The number of hydrogen-bond acceptors (Lipinski definition) is 3. The summed E-state index contributed by atoms with van der Waals surface area (Å²) in [6, 6.07) is 0. The van der Waals surface area contributed by atoms with Gasteiger partial charge in [-0.15, -0.1) is 25.6 Å². The molecule has 4 nitrogen and oxygen atoms in total. The van der Waals surface area contributed by atoms with Crippen molar-refractivity contribution in [2.24, 2.45) is 11.8 Å². The normalized spacial score (nSPS) is 24.0. The lowest BCUT2D eigenvalue weighted by Crippen LogP contribution is -2.43. The van der Waals surface area contributed by atoms with Gasteiger partial charge in [-0.25, -0.2) is 0 Å². The summed E-state index contributed by atoms with van der Waals surface area (Å²) in [5.41, 5.74) is 2.12. The number of allylic oxidation sites excluding steroid dienone is 3. The molecule has 2 heterocycles. The maximum Gasteiger partial charge on any atom is 0.572 e. The van der Waals surface area contributed by atoms with Gasteiger partial charge in [0.05, 0.1) is 0 Å². The molecule has 3 rings (SSSR count). The minimum Gasteiger partial charge on any atom is -0.409 e. The molecule has 0 spiro atoms. The summed E-state index contributed by atoms with van der Waals surface area (Å²) in [6.07, 6.45) is -1.61. The number of carbonyl (C=O) groups is 1. The van der Waals surface area contributed by atoms with Gasteiger partial charge in [-0.1, -0.05) is 19.9 Å². The van der Waals surface area contributed by atoms with Crippen LogP contribution in [0.1, 0.15) is 13.8 Å². The van der Waals surface area contributed by atoms with E-state index in [2.05, 4.69) is 10.1 Å². The molecule has 1 unspecified atom stereocenters. The standard InChI is InChI=1S/C15H17F3N2O2.ClH/c1-8(2)9-5-10-11-7-19-3-4-20(11)14(21)13(10)12(6-9)22-15(16,17)18;/h5-6,8,13,19H,3-4,7H2,1-2H3;1H. The zero-order valence-corrected chi connectivity index (χ0v) is 13.6. The monoisotopic (exact) mass is 350 g/mol. The SMILES string of the molecule is CC(C)C1=CC2=C3CNCCN3C(=O)C2C(OC(F)(F)F)=C1.Cl. The Balaban J connectivity index is 0.00000192. The predicted octanol–water partition coefficient (Wildman–Crippen LogP) is 2.74. The van der Waals surface area contributed by atoms with Gasteiger partial charge in [-0.05, 0) is 23.1 Å². The lowest BCUT2D eigenvalue weighted by atomic mass is 9.86. The first-order valence-electron chi connectivity index (χ1n) is 7.22. The van der Waals surface area contributed by atoms with Gasteiger partial charge in [0, 0.05) is 25.3 Å².